The lowest BCUT2D eigenvalue weighted by Crippen LogP contribution is -2.14. The summed E-state index contributed by atoms with van der Waals surface area (Å²) in [5.41, 5.74) is 7.97. The van der Waals surface area contributed by atoms with Crippen LogP contribution in [-0.4, -0.2) is 9.97 Å². The third-order valence-electron chi connectivity index (χ3n) is 7.19. The zero-order valence-corrected chi connectivity index (χ0v) is 20.1. The lowest BCUT2D eigenvalue weighted by Gasteiger charge is -2.21. The molecule has 6 rings (SSSR count). The third kappa shape index (κ3) is 3.41. The van der Waals surface area contributed by atoms with Gasteiger partial charge < -0.3 is 0 Å². The number of halogens is 3. The van der Waals surface area contributed by atoms with E-state index < -0.39 is 11.7 Å². The third-order valence-corrected chi connectivity index (χ3v) is 7.19. The molecule has 4 aromatic carbocycles. The molecule has 2 nitrogen and oxygen atoms in total. The van der Waals surface area contributed by atoms with Crippen molar-refractivity contribution in [2.24, 2.45) is 0 Å². The highest BCUT2D eigenvalue weighted by Gasteiger charge is 2.35. The molecule has 5 heteroatoms. The average molecular weight is 481 g/mol. The highest BCUT2D eigenvalue weighted by molar-refractivity contribution is 5.90. The van der Waals surface area contributed by atoms with Gasteiger partial charge >= 0.3 is 6.18 Å². The van der Waals surface area contributed by atoms with E-state index >= 15 is 0 Å². The first-order chi connectivity index (χ1) is 17.1. The van der Waals surface area contributed by atoms with Crippen molar-refractivity contribution in [2.45, 2.75) is 32.4 Å². The van der Waals surface area contributed by atoms with Crippen molar-refractivity contribution in [3.8, 4) is 33.6 Å². The summed E-state index contributed by atoms with van der Waals surface area (Å²) in [5.74, 6) is 0. The molecule has 178 valence electrons. The number of rotatable bonds is 2. The molecule has 0 fully saturated rings. The van der Waals surface area contributed by atoms with Gasteiger partial charge in [0.05, 0.1) is 28.0 Å². The normalized spacial score (nSPS) is 14.1. The van der Waals surface area contributed by atoms with E-state index in [1.807, 2.05) is 42.5 Å². The summed E-state index contributed by atoms with van der Waals surface area (Å²) in [7, 11) is 0. The molecule has 0 spiro atoms. The Morgan fingerprint density at radius 3 is 2.08 bits per heavy atom. The number of nitrogens with zero attached hydrogens (tertiary/aromatic N) is 2. The fourth-order valence-corrected chi connectivity index (χ4v) is 5.36. The molecule has 1 heterocycles. The molecule has 0 saturated carbocycles. The molecule has 0 saturated heterocycles. The van der Waals surface area contributed by atoms with Crippen LogP contribution in [0.1, 0.15) is 36.1 Å². The Labute approximate surface area is 207 Å². The number of hydrogen-bond donors (Lipinski definition) is 0. The van der Waals surface area contributed by atoms with Gasteiger partial charge in [0.25, 0.3) is 0 Å². The summed E-state index contributed by atoms with van der Waals surface area (Å²) < 4.78 is 40.7. The highest BCUT2D eigenvalue weighted by atomic mass is 19.4. The smallest absolute Gasteiger partial charge is 0.244 e. The molecular formula is C31H23F3N2. The second kappa shape index (κ2) is 7.76. The van der Waals surface area contributed by atoms with Crippen molar-refractivity contribution in [1.29, 1.82) is 0 Å². The molecule has 5 aromatic rings. The van der Waals surface area contributed by atoms with Crippen molar-refractivity contribution in [1.82, 2.24) is 9.97 Å². The van der Waals surface area contributed by atoms with E-state index in [-0.39, 0.29) is 10.9 Å². The summed E-state index contributed by atoms with van der Waals surface area (Å²) >= 11 is 0. The average Bonchev–Trinajstić information content (AvgIpc) is 3.10. The number of benzene rings is 4. The molecule has 0 amide bonds. The Kier molecular flexibility index (Phi) is 4.84. The molecule has 0 radical (unpaired) electrons. The van der Waals surface area contributed by atoms with Crippen LogP contribution in [-0.2, 0) is 11.6 Å². The van der Waals surface area contributed by atoms with Crippen molar-refractivity contribution >= 4 is 11.0 Å². The van der Waals surface area contributed by atoms with Crippen LogP contribution in [0.4, 0.5) is 13.2 Å². The number of alkyl halides is 3. The minimum atomic E-state index is -4.46. The number of hydrogen-bond acceptors (Lipinski definition) is 2. The van der Waals surface area contributed by atoms with Crippen molar-refractivity contribution in [2.75, 3.05) is 0 Å². The minimum absolute atomic E-state index is 0.138. The van der Waals surface area contributed by atoms with Crippen molar-refractivity contribution in [3.63, 3.8) is 0 Å². The molecule has 0 aliphatic heterocycles. The van der Waals surface area contributed by atoms with E-state index in [1.54, 1.807) is 6.92 Å². The van der Waals surface area contributed by atoms with Gasteiger partial charge in [-0.3, -0.25) is 0 Å². The molecular weight excluding hydrogens is 457 g/mol. The van der Waals surface area contributed by atoms with Gasteiger partial charge in [0.2, 0.25) is 0 Å². The predicted molar refractivity (Wildman–Crippen MR) is 138 cm³/mol. The highest BCUT2D eigenvalue weighted by Crippen LogP contribution is 2.49. The summed E-state index contributed by atoms with van der Waals surface area (Å²) in [6.07, 6.45) is -4.46. The van der Waals surface area contributed by atoms with Gasteiger partial charge in [0.15, 0.2) is 0 Å². The topological polar surface area (TPSA) is 25.8 Å². The molecule has 0 atom stereocenters. The van der Waals surface area contributed by atoms with Crippen molar-refractivity contribution < 1.29 is 13.2 Å². The van der Waals surface area contributed by atoms with Gasteiger partial charge in [-0.15, -0.1) is 0 Å². The first-order valence-electron chi connectivity index (χ1n) is 11.8. The van der Waals surface area contributed by atoms with Gasteiger partial charge in [-0.05, 0) is 52.9 Å². The summed E-state index contributed by atoms with van der Waals surface area (Å²) in [6.45, 7) is 6.07. The van der Waals surface area contributed by atoms with E-state index in [0.717, 1.165) is 28.8 Å². The summed E-state index contributed by atoms with van der Waals surface area (Å²) in [5, 5.41) is 0. The van der Waals surface area contributed by atoms with Gasteiger partial charge in [-0.1, -0.05) is 80.6 Å². The fourth-order valence-electron chi connectivity index (χ4n) is 5.36. The zero-order valence-electron chi connectivity index (χ0n) is 20.1. The molecule has 1 aliphatic carbocycles. The Morgan fingerprint density at radius 1 is 0.667 bits per heavy atom. The van der Waals surface area contributed by atoms with Gasteiger partial charge in [-0.25, -0.2) is 9.97 Å². The quantitative estimate of drug-likeness (QED) is 0.253. The maximum atomic E-state index is 13.6. The predicted octanol–water partition coefficient (Wildman–Crippen LogP) is 8.60. The molecule has 0 N–H and O–H groups in total. The Balaban J connectivity index is 1.64. The number of aryl methyl sites for hydroxylation is 1. The van der Waals surface area contributed by atoms with Crippen LogP contribution in [0.25, 0.3) is 44.7 Å². The molecule has 1 aromatic heterocycles. The van der Waals surface area contributed by atoms with E-state index in [0.29, 0.717) is 22.5 Å². The lowest BCUT2D eigenvalue weighted by molar-refractivity contribution is -0.137. The Hall–Kier alpha value is -3.99. The van der Waals surface area contributed by atoms with Crippen LogP contribution in [0.2, 0.25) is 0 Å². The van der Waals surface area contributed by atoms with Crippen LogP contribution in [0.15, 0.2) is 84.9 Å². The van der Waals surface area contributed by atoms with E-state index in [1.165, 1.54) is 16.7 Å². The van der Waals surface area contributed by atoms with Gasteiger partial charge in [-0.2, -0.15) is 13.2 Å². The summed E-state index contributed by atoms with van der Waals surface area (Å²) in [6, 6.07) is 26.5. The molecule has 0 unspecified atom stereocenters. The lowest BCUT2D eigenvalue weighted by atomic mass is 9.82. The molecule has 0 bridgehead atoms. The van der Waals surface area contributed by atoms with E-state index in [4.69, 9.17) is 9.97 Å². The standard InChI is InChI=1S/C31H23F3N2/c1-18-15-21(31(32,33)34)17-26-27(18)36-28(19-9-5-4-6-10-19)29(35-26)20-13-14-25-23(16-20)22-11-7-8-12-24(22)30(25,2)3/h4-17H,1-3H3. The summed E-state index contributed by atoms with van der Waals surface area (Å²) in [4.78, 5) is 9.69. The van der Waals surface area contributed by atoms with Crippen LogP contribution in [0, 0.1) is 6.92 Å². The van der Waals surface area contributed by atoms with E-state index in [2.05, 4.69) is 44.2 Å². The second-order valence-corrected chi connectivity index (χ2v) is 9.88. The largest absolute Gasteiger partial charge is 0.416 e. The van der Waals surface area contributed by atoms with Crippen LogP contribution < -0.4 is 0 Å². The second-order valence-electron chi connectivity index (χ2n) is 9.88. The van der Waals surface area contributed by atoms with Crippen LogP contribution >= 0.6 is 0 Å². The first kappa shape index (κ1) is 22.5. The zero-order chi connectivity index (χ0) is 25.2. The van der Waals surface area contributed by atoms with Crippen LogP contribution in [0.5, 0.6) is 0 Å². The van der Waals surface area contributed by atoms with Gasteiger partial charge in [0, 0.05) is 16.5 Å². The van der Waals surface area contributed by atoms with Crippen molar-refractivity contribution in [3.05, 3.63) is 107 Å². The molecule has 1 aliphatic rings. The van der Waals surface area contributed by atoms with Gasteiger partial charge in [0.1, 0.15) is 0 Å². The number of aromatic nitrogens is 2. The maximum Gasteiger partial charge on any atom is 0.416 e. The Morgan fingerprint density at radius 2 is 1.33 bits per heavy atom. The monoisotopic (exact) mass is 480 g/mol. The SMILES string of the molecule is Cc1cc(C(F)(F)F)cc2nc(-c3ccc4c(c3)-c3ccccc3C4(C)C)c(-c3ccccc3)nc12. The Bertz CT molecular complexity index is 1650. The molecule has 36 heavy (non-hydrogen) atoms. The first-order valence-corrected chi connectivity index (χ1v) is 11.8. The van der Waals surface area contributed by atoms with E-state index in [9.17, 15) is 13.2 Å². The maximum absolute atomic E-state index is 13.6. The fraction of sp³-hybridized carbons (Fsp3) is 0.161. The number of fused-ring (bicyclic) bond motifs is 4. The van der Waals surface area contributed by atoms with Crippen LogP contribution in [0.3, 0.4) is 0 Å². The minimum Gasteiger partial charge on any atom is -0.244 e.